The maximum Gasteiger partial charge on any atom is 0.270 e. The quantitative estimate of drug-likeness (QED) is 0.616. The van der Waals surface area contributed by atoms with Crippen molar-refractivity contribution in [3.05, 3.63) is 39.9 Å². The summed E-state index contributed by atoms with van der Waals surface area (Å²) < 4.78 is 0. The van der Waals surface area contributed by atoms with Crippen LogP contribution in [0.15, 0.2) is 24.3 Å². The largest absolute Gasteiger partial charge is 0.341 e. The van der Waals surface area contributed by atoms with E-state index < -0.39 is 16.9 Å². The minimum Gasteiger partial charge on any atom is -0.341 e. The maximum absolute atomic E-state index is 12.6. The van der Waals surface area contributed by atoms with Crippen molar-refractivity contribution in [1.29, 1.82) is 0 Å². The highest BCUT2D eigenvalue weighted by molar-refractivity contribution is 5.97. The lowest BCUT2D eigenvalue weighted by Gasteiger charge is -2.36. The first-order valence-corrected chi connectivity index (χ1v) is 8.00. The van der Waals surface area contributed by atoms with Gasteiger partial charge in [0.15, 0.2) is 0 Å². The van der Waals surface area contributed by atoms with Crippen molar-refractivity contribution in [3.63, 3.8) is 0 Å². The van der Waals surface area contributed by atoms with Crippen molar-refractivity contribution in [1.82, 2.24) is 10.2 Å². The summed E-state index contributed by atoms with van der Waals surface area (Å²) in [7, 11) is 0. The van der Waals surface area contributed by atoms with Gasteiger partial charge in [0.25, 0.3) is 11.6 Å². The Kier molecular flexibility index (Phi) is 5.86. The highest BCUT2D eigenvalue weighted by Gasteiger charge is 2.29. The van der Waals surface area contributed by atoms with E-state index >= 15 is 0 Å². The van der Waals surface area contributed by atoms with Crippen LogP contribution in [0, 0.1) is 10.1 Å². The van der Waals surface area contributed by atoms with E-state index in [2.05, 4.69) is 5.32 Å². The number of hydrogen-bond acceptors (Lipinski definition) is 5. The highest BCUT2D eigenvalue weighted by atomic mass is 16.6. The number of carbonyl (C=O) groups is 2. The first-order chi connectivity index (χ1) is 11.4. The number of nitro benzene ring substituents is 1. The topological polar surface area (TPSA) is 119 Å². The van der Waals surface area contributed by atoms with Crippen LogP contribution in [-0.4, -0.2) is 46.8 Å². The molecule has 0 bridgehead atoms. The van der Waals surface area contributed by atoms with Crippen LogP contribution < -0.4 is 11.1 Å². The highest BCUT2D eigenvalue weighted by Crippen LogP contribution is 2.17. The van der Waals surface area contributed by atoms with E-state index in [9.17, 15) is 19.7 Å². The fraction of sp³-hybridized carbons (Fsp3) is 0.500. The lowest BCUT2D eigenvalue weighted by atomic mass is 10.0. The average Bonchev–Trinajstić information content (AvgIpc) is 2.60. The van der Waals surface area contributed by atoms with Gasteiger partial charge in [-0.1, -0.05) is 6.07 Å². The van der Waals surface area contributed by atoms with E-state index in [0.717, 1.165) is 19.3 Å². The summed E-state index contributed by atoms with van der Waals surface area (Å²) in [5.41, 5.74) is 5.71. The normalized spacial score (nSPS) is 18.8. The average molecular weight is 334 g/mol. The summed E-state index contributed by atoms with van der Waals surface area (Å²) in [5, 5.41) is 13.4. The van der Waals surface area contributed by atoms with Gasteiger partial charge >= 0.3 is 0 Å². The molecular formula is C16H22N4O4. The van der Waals surface area contributed by atoms with Crippen LogP contribution in [0.3, 0.4) is 0 Å². The molecule has 8 heteroatoms. The molecular weight excluding hydrogens is 312 g/mol. The molecule has 2 amide bonds. The predicted molar refractivity (Wildman–Crippen MR) is 88.4 cm³/mol. The summed E-state index contributed by atoms with van der Waals surface area (Å²) >= 11 is 0. The van der Waals surface area contributed by atoms with Crippen molar-refractivity contribution in [2.45, 2.75) is 38.3 Å². The zero-order valence-electron chi connectivity index (χ0n) is 13.6. The number of non-ortho nitro benzene ring substituents is 1. The molecule has 0 saturated carbocycles. The van der Waals surface area contributed by atoms with Crippen LogP contribution in [0.5, 0.6) is 0 Å². The smallest absolute Gasteiger partial charge is 0.270 e. The summed E-state index contributed by atoms with van der Waals surface area (Å²) in [6.07, 6.45) is 2.83. The molecule has 1 heterocycles. The molecule has 2 atom stereocenters. The predicted octanol–water partition coefficient (Wildman–Crippen LogP) is 1.05. The minimum absolute atomic E-state index is 0.00316. The third-order valence-electron chi connectivity index (χ3n) is 4.22. The van der Waals surface area contributed by atoms with Crippen molar-refractivity contribution >= 4 is 17.5 Å². The van der Waals surface area contributed by atoms with E-state index in [1.165, 1.54) is 24.3 Å². The van der Waals surface area contributed by atoms with Crippen LogP contribution in [0.2, 0.25) is 0 Å². The number of carbonyl (C=O) groups excluding carboxylic acids is 2. The van der Waals surface area contributed by atoms with Gasteiger partial charge in [-0.15, -0.1) is 0 Å². The third kappa shape index (κ3) is 4.08. The number of hydrogen-bond donors (Lipinski definition) is 2. The van der Waals surface area contributed by atoms with Gasteiger partial charge < -0.3 is 16.0 Å². The van der Waals surface area contributed by atoms with Crippen LogP contribution in [0.1, 0.15) is 36.5 Å². The Morgan fingerprint density at radius 1 is 1.46 bits per heavy atom. The summed E-state index contributed by atoms with van der Waals surface area (Å²) in [6, 6.07) is 4.70. The fourth-order valence-corrected chi connectivity index (χ4v) is 2.89. The first kappa shape index (κ1) is 17.9. The molecule has 130 valence electrons. The van der Waals surface area contributed by atoms with Crippen molar-refractivity contribution in [2.24, 2.45) is 5.73 Å². The molecule has 1 saturated heterocycles. The SMILES string of the molecule is CC(NC(=O)c1cccc([N+](=O)[O-])c1)C(=O)N1CCCCC1CN. The Balaban J connectivity index is 2.04. The number of nitro groups is 1. The second kappa shape index (κ2) is 7.87. The number of rotatable bonds is 5. The van der Waals surface area contributed by atoms with Crippen LogP contribution in [0.4, 0.5) is 5.69 Å². The Hall–Kier alpha value is -2.48. The van der Waals surface area contributed by atoms with E-state index in [0.29, 0.717) is 13.1 Å². The van der Waals surface area contributed by atoms with E-state index in [1.54, 1.807) is 11.8 Å². The second-order valence-electron chi connectivity index (χ2n) is 5.92. The number of amides is 2. The van der Waals surface area contributed by atoms with E-state index in [-0.39, 0.29) is 23.2 Å². The summed E-state index contributed by atoms with van der Waals surface area (Å²) in [4.78, 5) is 36.7. The van der Waals surface area contributed by atoms with Crippen LogP contribution in [-0.2, 0) is 4.79 Å². The molecule has 2 rings (SSSR count). The Morgan fingerprint density at radius 3 is 2.88 bits per heavy atom. The van der Waals surface area contributed by atoms with Gasteiger partial charge in [0, 0.05) is 36.8 Å². The molecule has 1 aliphatic heterocycles. The molecule has 3 N–H and O–H groups in total. The van der Waals surface area contributed by atoms with E-state index in [1.807, 2.05) is 0 Å². The Bertz CT molecular complexity index is 634. The Labute approximate surface area is 140 Å². The molecule has 1 fully saturated rings. The second-order valence-corrected chi connectivity index (χ2v) is 5.92. The van der Waals surface area contributed by atoms with Gasteiger partial charge in [0.1, 0.15) is 6.04 Å². The zero-order chi connectivity index (χ0) is 17.7. The fourth-order valence-electron chi connectivity index (χ4n) is 2.89. The molecule has 1 aliphatic rings. The molecule has 8 nitrogen and oxygen atoms in total. The summed E-state index contributed by atoms with van der Waals surface area (Å²) in [6.45, 7) is 2.65. The number of benzene rings is 1. The molecule has 1 aromatic carbocycles. The van der Waals surface area contributed by atoms with Gasteiger partial charge in [-0.25, -0.2) is 0 Å². The summed E-state index contributed by atoms with van der Waals surface area (Å²) in [5.74, 6) is -0.690. The minimum atomic E-state index is -0.719. The Morgan fingerprint density at radius 2 is 2.21 bits per heavy atom. The van der Waals surface area contributed by atoms with Gasteiger partial charge in [-0.2, -0.15) is 0 Å². The van der Waals surface area contributed by atoms with Crippen molar-refractivity contribution < 1.29 is 14.5 Å². The number of nitrogens with one attached hydrogen (secondary N) is 1. The monoisotopic (exact) mass is 334 g/mol. The lowest BCUT2D eigenvalue weighted by Crippen LogP contribution is -2.54. The molecule has 0 aromatic heterocycles. The van der Waals surface area contributed by atoms with Crippen molar-refractivity contribution in [2.75, 3.05) is 13.1 Å². The molecule has 24 heavy (non-hydrogen) atoms. The van der Waals surface area contributed by atoms with Crippen LogP contribution >= 0.6 is 0 Å². The standard InChI is InChI=1S/C16H22N4O4/c1-11(16(22)19-8-3-2-6-14(19)10-17)18-15(21)12-5-4-7-13(9-12)20(23)24/h4-5,7,9,11,14H,2-3,6,8,10,17H2,1H3,(H,18,21). The lowest BCUT2D eigenvalue weighted by molar-refractivity contribution is -0.384. The molecule has 0 radical (unpaired) electrons. The van der Waals surface area contributed by atoms with Gasteiger partial charge in [-0.3, -0.25) is 19.7 Å². The molecule has 0 aliphatic carbocycles. The van der Waals surface area contributed by atoms with Crippen LogP contribution in [0.25, 0.3) is 0 Å². The van der Waals surface area contributed by atoms with Crippen molar-refractivity contribution in [3.8, 4) is 0 Å². The number of likely N-dealkylation sites (tertiary alicyclic amines) is 1. The van der Waals surface area contributed by atoms with Gasteiger partial charge in [0.2, 0.25) is 5.91 Å². The number of piperidine rings is 1. The maximum atomic E-state index is 12.6. The third-order valence-corrected chi connectivity index (χ3v) is 4.22. The molecule has 2 unspecified atom stereocenters. The number of nitrogens with zero attached hydrogens (tertiary/aromatic N) is 2. The number of nitrogens with two attached hydrogens (primary N) is 1. The van der Waals surface area contributed by atoms with Gasteiger partial charge in [0.05, 0.1) is 4.92 Å². The van der Waals surface area contributed by atoms with E-state index in [4.69, 9.17) is 5.73 Å². The molecule has 1 aromatic rings. The molecule has 0 spiro atoms. The van der Waals surface area contributed by atoms with Gasteiger partial charge in [-0.05, 0) is 32.3 Å². The zero-order valence-corrected chi connectivity index (χ0v) is 13.6. The first-order valence-electron chi connectivity index (χ1n) is 8.00.